The highest BCUT2D eigenvalue weighted by Gasteiger charge is 2.36. The molecule has 1 N–H and O–H groups in total. The van der Waals surface area contributed by atoms with Crippen molar-refractivity contribution >= 4 is 27.8 Å². The van der Waals surface area contributed by atoms with Crippen LogP contribution in [0, 0.1) is 6.92 Å². The van der Waals surface area contributed by atoms with E-state index in [-0.39, 0.29) is 5.41 Å². The molecule has 0 spiro atoms. The molecule has 1 heterocycles. The molecule has 1 atom stereocenters. The molecule has 0 saturated carbocycles. The Morgan fingerprint density at radius 1 is 0.923 bits per heavy atom. The van der Waals surface area contributed by atoms with E-state index in [1.165, 1.54) is 43.9 Å². The number of allylic oxidation sites excluding steroid dienone is 1. The maximum absolute atomic E-state index is 3.40. The van der Waals surface area contributed by atoms with Crippen molar-refractivity contribution in [3.05, 3.63) is 89.1 Å². The molecular formula is C25H23N. The lowest BCUT2D eigenvalue weighted by Gasteiger charge is -2.33. The molecule has 1 unspecified atom stereocenters. The molecule has 0 bridgehead atoms. The Morgan fingerprint density at radius 2 is 1.77 bits per heavy atom. The van der Waals surface area contributed by atoms with E-state index >= 15 is 0 Å². The summed E-state index contributed by atoms with van der Waals surface area (Å²) in [6.45, 7) is 7.05. The summed E-state index contributed by atoms with van der Waals surface area (Å²) < 4.78 is 0. The van der Waals surface area contributed by atoms with Gasteiger partial charge in [-0.05, 0) is 63.5 Å². The predicted octanol–water partition coefficient (Wildman–Crippen LogP) is 6.72. The average molecular weight is 337 g/mol. The maximum Gasteiger partial charge on any atom is 0.0459 e. The largest absolute Gasteiger partial charge is 0.361 e. The number of hydrogen-bond donors (Lipinski definition) is 1. The molecule has 128 valence electrons. The van der Waals surface area contributed by atoms with Crippen LogP contribution in [-0.2, 0) is 5.41 Å². The van der Waals surface area contributed by atoms with Gasteiger partial charge in [0.05, 0.1) is 0 Å². The second-order valence-electron chi connectivity index (χ2n) is 8.09. The molecule has 1 aliphatic rings. The number of aromatic amines is 1. The molecule has 3 aromatic carbocycles. The fourth-order valence-electron chi connectivity index (χ4n) is 4.93. The Morgan fingerprint density at radius 3 is 2.65 bits per heavy atom. The minimum absolute atomic E-state index is 0.0252. The van der Waals surface area contributed by atoms with Gasteiger partial charge in [-0.15, -0.1) is 0 Å². The Labute approximate surface area is 154 Å². The second-order valence-corrected chi connectivity index (χ2v) is 8.09. The van der Waals surface area contributed by atoms with Gasteiger partial charge in [-0.1, -0.05) is 62.4 Å². The molecule has 0 fully saturated rings. The lowest BCUT2D eigenvalue weighted by Crippen LogP contribution is -2.25. The topological polar surface area (TPSA) is 15.8 Å². The monoisotopic (exact) mass is 337 g/mol. The first-order valence-corrected chi connectivity index (χ1v) is 9.34. The normalized spacial score (nSPS) is 16.5. The van der Waals surface area contributed by atoms with Gasteiger partial charge in [0.15, 0.2) is 0 Å². The lowest BCUT2D eigenvalue weighted by atomic mass is 9.70. The van der Waals surface area contributed by atoms with Crippen LogP contribution in [0.4, 0.5) is 0 Å². The number of nitrogens with one attached hydrogen (secondary N) is 1. The maximum atomic E-state index is 3.40. The van der Waals surface area contributed by atoms with E-state index in [0.29, 0.717) is 5.92 Å². The molecule has 1 aliphatic carbocycles. The van der Waals surface area contributed by atoms with Crippen molar-refractivity contribution in [1.82, 2.24) is 4.98 Å². The summed E-state index contributed by atoms with van der Waals surface area (Å²) in [4.78, 5) is 3.40. The number of fused-ring (bicyclic) bond motifs is 3. The zero-order valence-corrected chi connectivity index (χ0v) is 15.5. The summed E-state index contributed by atoms with van der Waals surface area (Å²) in [5, 5.41) is 3.98. The number of benzene rings is 2. The summed E-state index contributed by atoms with van der Waals surface area (Å²) in [6.07, 6.45) is 6.67. The van der Waals surface area contributed by atoms with Gasteiger partial charge in [0.2, 0.25) is 0 Å². The van der Waals surface area contributed by atoms with Gasteiger partial charge in [0.25, 0.3) is 0 Å². The van der Waals surface area contributed by atoms with Gasteiger partial charge in [0, 0.05) is 23.0 Å². The molecule has 26 heavy (non-hydrogen) atoms. The number of H-pyrrole nitrogens is 1. The summed E-state index contributed by atoms with van der Waals surface area (Å²) in [5.41, 5.74) is 6.88. The van der Waals surface area contributed by atoms with E-state index in [9.17, 15) is 0 Å². The van der Waals surface area contributed by atoms with Crippen LogP contribution in [0.5, 0.6) is 0 Å². The first-order chi connectivity index (χ1) is 12.6. The highest BCUT2D eigenvalue weighted by Crippen LogP contribution is 2.48. The Balaban J connectivity index is 1.74. The zero-order valence-electron chi connectivity index (χ0n) is 15.5. The Hall–Kier alpha value is -2.80. The van der Waals surface area contributed by atoms with Gasteiger partial charge >= 0.3 is 0 Å². The highest BCUT2D eigenvalue weighted by molar-refractivity contribution is 6.00. The molecule has 1 nitrogen and oxygen atoms in total. The zero-order chi connectivity index (χ0) is 17.9. The van der Waals surface area contributed by atoms with Crippen LogP contribution in [0.3, 0.4) is 0 Å². The molecule has 1 aromatic heterocycles. The Bertz CT molecular complexity index is 1170. The average Bonchev–Trinajstić information content (AvgIpc) is 3.20. The number of aromatic nitrogens is 1. The van der Waals surface area contributed by atoms with E-state index in [0.717, 1.165) is 0 Å². The highest BCUT2D eigenvalue weighted by atomic mass is 14.6. The number of rotatable bonds is 2. The van der Waals surface area contributed by atoms with Crippen molar-refractivity contribution < 1.29 is 0 Å². The van der Waals surface area contributed by atoms with E-state index < -0.39 is 0 Å². The van der Waals surface area contributed by atoms with Crippen LogP contribution in [0.15, 0.2) is 66.9 Å². The summed E-state index contributed by atoms with van der Waals surface area (Å²) in [7, 11) is 0. The number of hydrogen-bond acceptors (Lipinski definition) is 0. The molecule has 5 rings (SSSR count). The Kier molecular flexibility index (Phi) is 3.18. The van der Waals surface area contributed by atoms with E-state index in [4.69, 9.17) is 0 Å². The molecule has 4 aromatic rings. The van der Waals surface area contributed by atoms with Gasteiger partial charge in [-0.3, -0.25) is 0 Å². The van der Waals surface area contributed by atoms with Crippen molar-refractivity contribution in [2.45, 2.75) is 32.1 Å². The number of aryl methyl sites for hydroxylation is 1. The van der Waals surface area contributed by atoms with E-state index in [2.05, 4.69) is 92.5 Å². The van der Waals surface area contributed by atoms with Crippen molar-refractivity contribution in [3.63, 3.8) is 0 Å². The third-order valence-electron chi connectivity index (χ3n) is 6.09. The number of pyridine rings is 1. The second kappa shape index (κ2) is 5.35. The molecule has 0 amide bonds. The SMILES string of the molecule is Cc1cc2cc3ccc[nH]c3cc2c1C(C)(C)C1C=Cc2ccccc21. The lowest BCUT2D eigenvalue weighted by molar-refractivity contribution is 0.476. The molecule has 0 radical (unpaired) electrons. The van der Waals surface area contributed by atoms with Gasteiger partial charge in [-0.2, -0.15) is 0 Å². The molecule has 1 heteroatoms. The van der Waals surface area contributed by atoms with Crippen LogP contribution in [-0.4, -0.2) is 4.98 Å². The quantitative estimate of drug-likeness (QED) is 0.418. The molecular weight excluding hydrogens is 314 g/mol. The van der Waals surface area contributed by atoms with Crippen molar-refractivity contribution in [1.29, 1.82) is 0 Å². The van der Waals surface area contributed by atoms with Gasteiger partial charge in [-0.25, -0.2) is 0 Å². The fourth-order valence-corrected chi connectivity index (χ4v) is 4.93. The third kappa shape index (κ3) is 2.10. The minimum atomic E-state index is 0.0252. The smallest absolute Gasteiger partial charge is 0.0459 e. The van der Waals surface area contributed by atoms with Crippen LogP contribution in [0.1, 0.15) is 42.0 Å². The fraction of sp³-hybridized carbons (Fsp3) is 0.200. The first-order valence-electron chi connectivity index (χ1n) is 9.34. The summed E-state index contributed by atoms with van der Waals surface area (Å²) in [5.74, 6) is 0.401. The van der Waals surface area contributed by atoms with Crippen LogP contribution in [0.25, 0.3) is 27.8 Å². The molecule has 0 saturated heterocycles. The van der Waals surface area contributed by atoms with Crippen molar-refractivity contribution in [2.24, 2.45) is 0 Å². The van der Waals surface area contributed by atoms with Gasteiger partial charge < -0.3 is 4.98 Å². The minimum Gasteiger partial charge on any atom is -0.361 e. The van der Waals surface area contributed by atoms with E-state index in [1.807, 2.05) is 6.20 Å². The molecule has 0 aliphatic heterocycles. The van der Waals surface area contributed by atoms with Crippen LogP contribution < -0.4 is 0 Å². The van der Waals surface area contributed by atoms with Gasteiger partial charge in [0.1, 0.15) is 0 Å². The van der Waals surface area contributed by atoms with Crippen molar-refractivity contribution in [2.75, 3.05) is 0 Å². The third-order valence-corrected chi connectivity index (χ3v) is 6.09. The standard InChI is InChI=1S/C25H23N/c1-16-13-19-14-18-8-6-12-26-23(18)15-21(19)24(16)25(2,3)22-11-10-17-7-4-5-9-20(17)22/h4-15,22,26H,1-3H3. The summed E-state index contributed by atoms with van der Waals surface area (Å²) in [6, 6.07) is 20.0. The van der Waals surface area contributed by atoms with Crippen LogP contribution >= 0.6 is 0 Å². The van der Waals surface area contributed by atoms with Crippen molar-refractivity contribution in [3.8, 4) is 0 Å². The first kappa shape index (κ1) is 15.5. The van der Waals surface area contributed by atoms with E-state index in [1.54, 1.807) is 0 Å². The summed E-state index contributed by atoms with van der Waals surface area (Å²) >= 11 is 0. The predicted molar refractivity (Wildman–Crippen MR) is 112 cm³/mol. The van der Waals surface area contributed by atoms with Crippen LogP contribution in [0.2, 0.25) is 0 Å².